The maximum Gasteiger partial charge on any atom is 0.330 e. The molecule has 0 bridgehead atoms. The van der Waals surface area contributed by atoms with Crippen molar-refractivity contribution in [1.82, 2.24) is 9.55 Å². The van der Waals surface area contributed by atoms with E-state index in [0.29, 0.717) is 12.5 Å². The molecule has 0 saturated heterocycles. The Bertz CT molecular complexity index is 932. The van der Waals surface area contributed by atoms with Gasteiger partial charge >= 0.3 is 5.69 Å². The number of aromatic nitrogens is 2. The molecular weight excluding hydrogens is 344 g/mol. The lowest BCUT2D eigenvalue weighted by atomic mass is 10.2. The molecular formula is C20H26N4O3. The van der Waals surface area contributed by atoms with Gasteiger partial charge in [0.15, 0.2) is 5.69 Å². The summed E-state index contributed by atoms with van der Waals surface area (Å²) in [6, 6.07) is 9.38. The zero-order chi connectivity index (χ0) is 19.6. The Morgan fingerprint density at radius 3 is 2.56 bits per heavy atom. The second-order valence-electron chi connectivity index (χ2n) is 7.23. The van der Waals surface area contributed by atoms with Gasteiger partial charge in [-0.15, -0.1) is 0 Å². The Hall–Kier alpha value is -2.83. The number of hydrogen-bond donors (Lipinski definition) is 2. The van der Waals surface area contributed by atoms with Crippen molar-refractivity contribution in [3.63, 3.8) is 0 Å². The summed E-state index contributed by atoms with van der Waals surface area (Å²) in [5, 5.41) is 0. The predicted octanol–water partition coefficient (Wildman–Crippen LogP) is 1.96. The van der Waals surface area contributed by atoms with Gasteiger partial charge in [-0.1, -0.05) is 50.6 Å². The Morgan fingerprint density at radius 2 is 1.96 bits per heavy atom. The third-order valence-electron chi connectivity index (χ3n) is 5.10. The molecule has 1 aliphatic carbocycles. The van der Waals surface area contributed by atoms with Gasteiger partial charge in [0.2, 0.25) is 5.91 Å². The molecule has 7 heteroatoms. The van der Waals surface area contributed by atoms with Gasteiger partial charge in [0, 0.05) is 12.5 Å². The normalized spacial score (nSPS) is 18.3. The van der Waals surface area contributed by atoms with E-state index in [-0.39, 0.29) is 29.9 Å². The van der Waals surface area contributed by atoms with Gasteiger partial charge in [0.1, 0.15) is 5.82 Å². The quantitative estimate of drug-likeness (QED) is 0.778. The molecule has 1 fully saturated rings. The Labute approximate surface area is 157 Å². The molecule has 2 unspecified atom stereocenters. The van der Waals surface area contributed by atoms with Gasteiger partial charge in [-0.2, -0.15) is 0 Å². The van der Waals surface area contributed by atoms with Crippen molar-refractivity contribution < 1.29 is 4.79 Å². The van der Waals surface area contributed by atoms with Crippen molar-refractivity contribution in [2.75, 3.05) is 17.2 Å². The molecule has 1 amide bonds. The number of H-pyrrole nitrogens is 1. The zero-order valence-electron chi connectivity index (χ0n) is 15.8. The molecule has 3 rings (SSSR count). The molecule has 2 atom stereocenters. The first kappa shape index (κ1) is 18.9. The smallest absolute Gasteiger partial charge is 0.330 e. The molecule has 1 aromatic heterocycles. The molecule has 1 heterocycles. The summed E-state index contributed by atoms with van der Waals surface area (Å²) < 4.78 is 1.31. The largest absolute Gasteiger partial charge is 0.383 e. The predicted molar refractivity (Wildman–Crippen MR) is 106 cm³/mol. The van der Waals surface area contributed by atoms with Crippen LogP contribution in [0.2, 0.25) is 0 Å². The number of rotatable bonds is 7. The van der Waals surface area contributed by atoms with Gasteiger partial charge in [0.25, 0.3) is 5.56 Å². The fourth-order valence-corrected chi connectivity index (χ4v) is 3.28. The van der Waals surface area contributed by atoms with E-state index in [1.165, 1.54) is 9.47 Å². The van der Waals surface area contributed by atoms with E-state index in [9.17, 15) is 14.4 Å². The van der Waals surface area contributed by atoms with Crippen molar-refractivity contribution in [2.24, 2.45) is 11.8 Å². The van der Waals surface area contributed by atoms with Crippen LogP contribution in [0.3, 0.4) is 0 Å². The molecule has 27 heavy (non-hydrogen) atoms. The summed E-state index contributed by atoms with van der Waals surface area (Å²) in [5.74, 6) is 0.190. The minimum Gasteiger partial charge on any atom is -0.383 e. The van der Waals surface area contributed by atoms with Crippen LogP contribution in [-0.2, 0) is 11.3 Å². The number of anilines is 2. The van der Waals surface area contributed by atoms with Crippen LogP contribution in [0, 0.1) is 11.8 Å². The number of nitrogens with one attached hydrogen (secondary N) is 1. The third kappa shape index (κ3) is 3.97. The minimum atomic E-state index is -0.612. The van der Waals surface area contributed by atoms with Crippen LogP contribution < -0.4 is 21.9 Å². The molecule has 2 aromatic rings. The highest BCUT2D eigenvalue weighted by atomic mass is 16.2. The average Bonchev–Trinajstić information content (AvgIpc) is 3.38. The molecule has 1 aromatic carbocycles. The van der Waals surface area contributed by atoms with E-state index < -0.39 is 11.2 Å². The first-order valence-electron chi connectivity index (χ1n) is 9.42. The Kier molecular flexibility index (Phi) is 5.48. The highest BCUT2D eigenvalue weighted by molar-refractivity contribution is 5.98. The summed E-state index contributed by atoms with van der Waals surface area (Å²) >= 11 is 0. The van der Waals surface area contributed by atoms with E-state index in [4.69, 9.17) is 5.73 Å². The van der Waals surface area contributed by atoms with Crippen LogP contribution in [0.5, 0.6) is 0 Å². The number of amides is 1. The number of nitrogens with two attached hydrogens (primary N) is 1. The summed E-state index contributed by atoms with van der Waals surface area (Å²) in [6.45, 7) is 4.68. The summed E-state index contributed by atoms with van der Waals surface area (Å²) in [5.41, 5.74) is 6.03. The number of benzene rings is 1. The number of nitrogens with zero attached hydrogens (tertiary/aromatic N) is 2. The number of carbonyl (C=O) groups is 1. The lowest BCUT2D eigenvalue weighted by Crippen LogP contribution is -2.42. The van der Waals surface area contributed by atoms with Gasteiger partial charge in [0.05, 0.1) is 6.54 Å². The van der Waals surface area contributed by atoms with E-state index in [1.54, 1.807) is 0 Å². The van der Waals surface area contributed by atoms with Gasteiger partial charge < -0.3 is 10.6 Å². The van der Waals surface area contributed by atoms with Crippen molar-refractivity contribution >= 4 is 17.4 Å². The van der Waals surface area contributed by atoms with Gasteiger partial charge in [-0.25, -0.2) is 4.79 Å². The van der Waals surface area contributed by atoms with Crippen molar-refractivity contribution in [2.45, 2.75) is 39.7 Å². The molecule has 0 radical (unpaired) electrons. The van der Waals surface area contributed by atoms with Gasteiger partial charge in [-0.3, -0.25) is 19.1 Å². The molecule has 144 valence electrons. The number of hydrogen-bond acceptors (Lipinski definition) is 4. The molecule has 1 saturated carbocycles. The van der Waals surface area contributed by atoms with Crippen LogP contribution in [0.4, 0.5) is 11.5 Å². The Morgan fingerprint density at radius 1 is 1.30 bits per heavy atom. The zero-order valence-corrected chi connectivity index (χ0v) is 15.8. The SMILES string of the molecule is CCCCN(C(=O)C1CC1C)c1c(N)n(Cc2ccccc2)c(=O)[nH]c1=O. The fourth-order valence-electron chi connectivity index (χ4n) is 3.28. The van der Waals surface area contributed by atoms with Crippen LogP contribution in [0.25, 0.3) is 0 Å². The lowest BCUT2D eigenvalue weighted by molar-refractivity contribution is -0.120. The number of nitrogen functional groups attached to an aromatic ring is 1. The van der Waals surface area contributed by atoms with Crippen molar-refractivity contribution in [3.8, 4) is 0 Å². The maximum atomic E-state index is 12.9. The van der Waals surface area contributed by atoms with E-state index in [2.05, 4.69) is 4.98 Å². The summed E-state index contributed by atoms with van der Waals surface area (Å²) in [7, 11) is 0. The lowest BCUT2D eigenvalue weighted by Gasteiger charge is -2.24. The molecule has 1 aliphatic rings. The molecule has 7 nitrogen and oxygen atoms in total. The van der Waals surface area contributed by atoms with Crippen LogP contribution in [0.1, 0.15) is 38.7 Å². The average molecular weight is 370 g/mol. The molecule has 0 aliphatic heterocycles. The second-order valence-corrected chi connectivity index (χ2v) is 7.23. The van der Waals surface area contributed by atoms with E-state index in [1.807, 2.05) is 44.2 Å². The first-order valence-corrected chi connectivity index (χ1v) is 9.42. The summed E-state index contributed by atoms with van der Waals surface area (Å²) in [6.07, 6.45) is 2.46. The first-order chi connectivity index (χ1) is 12.9. The summed E-state index contributed by atoms with van der Waals surface area (Å²) in [4.78, 5) is 41.6. The Balaban J connectivity index is 2.04. The number of carbonyl (C=O) groups excluding carboxylic acids is 1. The minimum absolute atomic E-state index is 0.0327. The molecule has 3 N–H and O–H groups in total. The van der Waals surface area contributed by atoms with Crippen molar-refractivity contribution in [3.05, 3.63) is 56.7 Å². The van der Waals surface area contributed by atoms with Crippen molar-refractivity contribution in [1.29, 1.82) is 0 Å². The number of aromatic amines is 1. The van der Waals surface area contributed by atoms with Crippen LogP contribution in [-0.4, -0.2) is 22.0 Å². The van der Waals surface area contributed by atoms with E-state index >= 15 is 0 Å². The highest BCUT2D eigenvalue weighted by Crippen LogP contribution is 2.40. The maximum absolute atomic E-state index is 12.9. The molecule has 0 spiro atoms. The topological polar surface area (TPSA) is 101 Å². The monoisotopic (exact) mass is 370 g/mol. The fraction of sp³-hybridized carbons (Fsp3) is 0.450. The standard InChI is InChI=1S/C20H26N4O3/c1-3-4-10-23(19(26)15-11-13(15)2)16-17(21)24(20(27)22-18(16)25)12-14-8-6-5-7-9-14/h5-9,13,15H,3-4,10-12,21H2,1-2H3,(H,22,25,27). The van der Waals surface area contributed by atoms with Crippen LogP contribution >= 0.6 is 0 Å². The number of unbranched alkanes of at least 4 members (excludes halogenated alkanes) is 1. The van der Waals surface area contributed by atoms with Gasteiger partial charge in [-0.05, 0) is 24.3 Å². The van der Waals surface area contributed by atoms with E-state index in [0.717, 1.165) is 24.8 Å². The van der Waals surface area contributed by atoms with Crippen LogP contribution in [0.15, 0.2) is 39.9 Å². The second kappa shape index (κ2) is 7.82. The third-order valence-corrected chi connectivity index (χ3v) is 5.10. The highest BCUT2D eigenvalue weighted by Gasteiger charge is 2.42.